The number of rotatable bonds is 6. The summed E-state index contributed by atoms with van der Waals surface area (Å²) >= 11 is 0. The van der Waals surface area contributed by atoms with Gasteiger partial charge in [0, 0.05) is 5.92 Å². The molecule has 0 spiro atoms. The summed E-state index contributed by atoms with van der Waals surface area (Å²) in [6, 6.07) is 16.1. The molecular weight excluding hydrogens is 310 g/mol. The van der Waals surface area contributed by atoms with Gasteiger partial charge >= 0.3 is 12.1 Å². The second-order valence-electron chi connectivity index (χ2n) is 5.39. The van der Waals surface area contributed by atoms with E-state index in [9.17, 15) is 9.59 Å². The SMILES string of the molecule is O=C(O)COCNC(=O)OCC1c2ccccc2-c2ccccc21. The predicted molar refractivity (Wildman–Crippen MR) is 86.7 cm³/mol. The number of aliphatic carboxylic acids is 1. The maximum absolute atomic E-state index is 11.7. The Morgan fingerprint density at radius 3 is 2.17 bits per heavy atom. The number of fused-ring (bicyclic) bond motifs is 3. The van der Waals surface area contributed by atoms with E-state index in [0.717, 1.165) is 22.3 Å². The number of carbonyl (C=O) groups is 2. The fraction of sp³-hybridized carbons (Fsp3) is 0.222. The van der Waals surface area contributed by atoms with Gasteiger partial charge in [0.2, 0.25) is 0 Å². The summed E-state index contributed by atoms with van der Waals surface area (Å²) in [5.41, 5.74) is 4.58. The number of carbonyl (C=O) groups excluding carboxylic acids is 1. The second kappa shape index (κ2) is 7.14. The van der Waals surface area contributed by atoms with Crippen LogP contribution >= 0.6 is 0 Å². The summed E-state index contributed by atoms with van der Waals surface area (Å²) in [5.74, 6) is -1.10. The summed E-state index contributed by atoms with van der Waals surface area (Å²) in [7, 11) is 0. The molecule has 0 bridgehead atoms. The number of benzene rings is 2. The molecule has 0 aromatic heterocycles. The third kappa shape index (κ3) is 3.38. The van der Waals surface area contributed by atoms with E-state index in [2.05, 4.69) is 17.4 Å². The first-order valence-corrected chi connectivity index (χ1v) is 7.55. The molecule has 3 rings (SSSR count). The lowest BCUT2D eigenvalue weighted by atomic mass is 9.98. The van der Waals surface area contributed by atoms with Gasteiger partial charge in [0.05, 0.1) is 0 Å². The lowest BCUT2D eigenvalue weighted by Crippen LogP contribution is -2.29. The summed E-state index contributed by atoms with van der Waals surface area (Å²) < 4.78 is 10.0. The minimum atomic E-state index is -1.09. The number of nitrogens with one attached hydrogen (secondary N) is 1. The smallest absolute Gasteiger partial charge is 0.408 e. The summed E-state index contributed by atoms with van der Waals surface area (Å²) in [6.07, 6.45) is -0.637. The quantitative estimate of drug-likeness (QED) is 0.629. The molecule has 2 N–H and O–H groups in total. The van der Waals surface area contributed by atoms with Crippen LogP contribution in [0.2, 0.25) is 0 Å². The molecule has 0 saturated carbocycles. The van der Waals surface area contributed by atoms with Crippen LogP contribution in [0.3, 0.4) is 0 Å². The molecule has 124 valence electrons. The van der Waals surface area contributed by atoms with Crippen molar-refractivity contribution >= 4 is 12.1 Å². The topological polar surface area (TPSA) is 84.9 Å². The maximum atomic E-state index is 11.7. The van der Waals surface area contributed by atoms with Crippen molar-refractivity contribution in [3.63, 3.8) is 0 Å². The van der Waals surface area contributed by atoms with Gasteiger partial charge in [0.1, 0.15) is 19.9 Å². The van der Waals surface area contributed by atoms with Gasteiger partial charge in [-0.1, -0.05) is 48.5 Å². The Kier molecular flexibility index (Phi) is 4.77. The number of amides is 1. The predicted octanol–water partition coefficient (Wildman–Crippen LogP) is 2.58. The van der Waals surface area contributed by atoms with E-state index < -0.39 is 18.7 Å². The Hall–Kier alpha value is -2.86. The van der Waals surface area contributed by atoms with Crippen LogP contribution in [0.5, 0.6) is 0 Å². The van der Waals surface area contributed by atoms with Crippen molar-refractivity contribution in [1.82, 2.24) is 5.32 Å². The number of carboxylic acid groups (broad SMARTS) is 1. The third-order valence-electron chi connectivity index (χ3n) is 3.89. The Bertz CT molecular complexity index is 713. The Morgan fingerprint density at radius 1 is 1.00 bits per heavy atom. The average molecular weight is 327 g/mol. The molecule has 0 saturated heterocycles. The first-order valence-electron chi connectivity index (χ1n) is 7.55. The lowest BCUT2D eigenvalue weighted by molar-refractivity contribution is -0.142. The first-order chi connectivity index (χ1) is 11.7. The number of alkyl carbamates (subject to hydrolysis) is 1. The number of hydrogen-bond donors (Lipinski definition) is 2. The van der Waals surface area contributed by atoms with E-state index in [1.165, 1.54) is 0 Å². The molecule has 1 aliphatic carbocycles. The molecule has 0 aliphatic heterocycles. The van der Waals surface area contributed by atoms with Crippen LogP contribution in [0.1, 0.15) is 17.0 Å². The minimum absolute atomic E-state index is 0.0110. The van der Waals surface area contributed by atoms with Gasteiger partial charge in [-0.05, 0) is 22.3 Å². The standard InChI is InChI=1S/C18H17NO5/c20-17(21)10-23-11-19-18(22)24-9-16-14-7-3-1-5-12(14)13-6-2-4-8-15(13)16/h1-8,16H,9-11H2,(H,19,22)(H,20,21). The largest absolute Gasteiger partial charge is 0.480 e. The van der Waals surface area contributed by atoms with E-state index in [4.69, 9.17) is 14.6 Å². The summed E-state index contributed by atoms with van der Waals surface area (Å²) in [5, 5.41) is 10.8. The lowest BCUT2D eigenvalue weighted by Gasteiger charge is -2.14. The highest BCUT2D eigenvalue weighted by molar-refractivity contribution is 5.79. The fourth-order valence-electron chi connectivity index (χ4n) is 2.90. The molecule has 0 atom stereocenters. The van der Waals surface area contributed by atoms with Crippen molar-refractivity contribution in [3.8, 4) is 11.1 Å². The highest BCUT2D eigenvalue weighted by Gasteiger charge is 2.28. The van der Waals surface area contributed by atoms with Crippen LogP contribution in [-0.4, -0.2) is 37.1 Å². The van der Waals surface area contributed by atoms with Crippen LogP contribution in [-0.2, 0) is 14.3 Å². The molecule has 0 unspecified atom stereocenters. The van der Waals surface area contributed by atoms with Crippen molar-refractivity contribution in [3.05, 3.63) is 59.7 Å². The summed E-state index contributed by atoms with van der Waals surface area (Å²) in [4.78, 5) is 22.0. The Morgan fingerprint density at radius 2 is 1.58 bits per heavy atom. The molecule has 0 radical (unpaired) electrons. The van der Waals surface area contributed by atoms with Crippen LogP contribution < -0.4 is 5.32 Å². The van der Waals surface area contributed by atoms with Crippen LogP contribution in [0.4, 0.5) is 4.79 Å². The maximum Gasteiger partial charge on any atom is 0.408 e. The van der Waals surface area contributed by atoms with E-state index in [1.807, 2.05) is 36.4 Å². The Labute approximate surface area is 139 Å². The van der Waals surface area contributed by atoms with E-state index >= 15 is 0 Å². The zero-order valence-electron chi connectivity index (χ0n) is 12.9. The highest BCUT2D eigenvalue weighted by atomic mass is 16.6. The van der Waals surface area contributed by atoms with Gasteiger partial charge in [-0.25, -0.2) is 9.59 Å². The van der Waals surface area contributed by atoms with Gasteiger partial charge in [0.15, 0.2) is 0 Å². The van der Waals surface area contributed by atoms with Gasteiger partial charge in [-0.3, -0.25) is 5.32 Å². The van der Waals surface area contributed by atoms with Crippen molar-refractivity contribution < 1.29 is 24.2 Å². The molecule has 24 heavy (non-hydrogen) atoms. The fourth-order valence-corrected chi connectivity index (χ4v) is 2.90. The number of hydrogen-bond acceptors (Lipinski definition) is 4. The monoisotopic (exact) mass is 327 g/mol. The number of carboxylic acids is 1. The number of ether oxygens (including phenoxy) is 2. The van der Waals surface area contributed by atoms with Crippen LogP contribution in [0.15, 0.2) is 48.5 Å². The van der Waals surface area contributed by atoms with Crippen molar-refractivity contribution in [1.29, 1.82) is 0 Å². The Balaban J connectivity index is 1.61. The molecule has 1 aliphatic rings. The van der Waals surface area contributed by atoms with E-state index in [1.54, 1.807) is 0 Å². The molecule has 0 fully saturated rings. The van der Waals surface area contributed by atoms with Gasteiger partial charge in [-0.2, -0.15) is 0 Å². The van der Waals surface area contributed by atoms with Gasteiger partial charge in [0.25, 0.3) is 0 Å². The molecule has 2 aromatic rings. The zero-order chi connectivity index (χ0) is 16.9. The highest BCUT2D eigenvalue weighted by Crippen LogP contribution is 2.44. The van der Waals surface area contributed by atoms with Crippen LogP contribution in [0, 0.1) is 0 Å². The molecular formula is C18H17NO5. The molecule has 6 nitrogen and oxygen atoms in total. The second-order valence-corrected chi connectivity index (χ2v) is 5.39. The van der Waals surface area contributed by atoms with Crippen molar-refractivity contribution in [2.24, 2.45) is 0 Å². The molecule has 1 amide bonds. The zero-order valence-corrected chi connectivity index (χ0v) is 12.9. The van der Waals surface area contributed by atoms with Gasteiger partial charge in [-0.15, -0.1) is 0 Å². The average Bonchev–Trinajstić information content (AvgIpc) is 2.91. The normalized spacial score (nSPS) is 12.3. The molecule has 2 aromatic carbocycles. The summed E-state index contributed by atoms with van der Waals surface area (Å²) in [6.45, 7) is -0.467. The third-order valence-corrected chi connectivity index (χ3v) is 3.89. The molecule has 6 heteroatoms. The van der Waals surface area contributed by atoms with Crippen molar-refractivity contribution in [2.45, 2.75) is 5.92 Å². The van der Waals surface area contributed by atoms with E-state index in [0.29, 0.717) is 0 Å². The minimum Gasteiger partial charge on any atom is -0.480 e. The van der Waals surface area contributed by atoms with E-state index in [-0.39, 0.29) is 19.3 Å². The first kappa shape index (κ1) is 16.0. The van der Waals surface area contributed by atoms with Gasteiger partial charge < -0.3 is 14.6 Å². The molecule has 0 heterocycles. The van der Waals surface area contributed by atoms with Crippen LogP contribution in [0.25, 0.3) is 11.1 Å². The van der Waals surface area contributed by atoms with Crippen molar-refractivity contribution in [2.75, 3.05) is 19.9 Å².